The molecule has 130 valence electrons. The second-order valence-corrected chi connectivity index (χ2v) is 5.24. The fourth-order valence-electron chi connectivity index (χ4n) is 2.10. The van der Waals surface area contributed by atoms with E-state index in [0.717, 1.165) is 16.8 Å². The van der Waals surface area contributed by atoms with Crippen molar-refractivity contribution in [3.8, 4) is 11.4 Å². The number of aromatic nitrogens is 5. The average Bonchev–Trinajstić information content (AvgIpc) is 2.93. The first-order valence-electron chi connectivity index (χ1n) is 7.04. The monoisotopic (exact) mass is 367 g/mol. The predicted molar refractivity (Wildman–Crippen MR) is 84.5 cm³/mol. The fraction of sp³-hybridized carbons (Fsp3) is 0.214. The Bertz CT molecular complexity index is 1030. The molecule has 0 aliphatic heterocycles. The smallest absolute Gasteiger partial charge is 0.434 e. The van der Waals surface area contributed by atoms with Gasteiger partial charge in [0.15, 0.2) is 17.2 Å². The quantitative estimate of drug-likeness (QED) is 0.514. The Balaban J connectivity index is 2.12. The van der Waals surface area contributed by atoms with Gasteiger partial charge in [-0.2, -0.15) is 9.78 Å². The SMILES string of the molecule is CCOC(=O)Oc1cc(-n2nnc3c(cnn3C)c2=O)c(F)cc1Cl. The number of carbonyl (C=O) groups is 1. The highest BCUT2D eigenvalue weighted by Gasteiger charge is 2.18. The van der Waals surface area contributed by atoms with Crippen LogP contribution in [-0.2, 0) is 11.8 Å². The van der Waals surface area contributed by atoms with Crippen LogP contribution in [0.15, 0.2) is 23.1 Å². The first-order valence-corrected chi connectivity index (χ1v) is 7.42. The number of aryl methyl sites for hydroxylation is 1. The van der Waals surface area contributed by atoms with E-state index >= 15 is 0 Å². The van der Waals surface area contributed by atoms with Crippen molar-refractivity contribution in [3.05, 3.63) is 39.5 Å². The summed E-state index contributed by atoms with van der Waals surface area (Å²) < 4.78 is 25.9. The predicted octanol–water partition coefficient (Wildman–Crippen LogP) is 1.84. The minimum atomic E-state index is -1.01. The van der Waals surface area contributed by atoms with Gasteiger partial charge in [0.1, 0.15) is 11.1 Å². The van der Waals surface area contributed by atoms with Crippen LogP contribution in [0.3, 0.4) is 0 Å². The van der Waals surface area contributed by atoms with Crippen LogP contribution >= 0.6 is 11.6 Å². The van der Waals surface area contributed by atoms with E-state index in [1.165, 1.54) is 10.9 Å². The summed E-state index contributed by atoms with van der Waals surface area (Å²) >= 11 is 5.86. The summed E-state index contributed by atoms with van der Waals surface area (Å²) in [6, 6.07) is 1.96. The standard InChI is InChI=1S/C14H11ClFN5O4/c1-3-24-14(23)25-11-5-10(9(16)4-8(11)15)21-13(22)7-6-17-20(2)12(7)18-19-21/h4-6H,3H2,1-2H3. The summed E-state index contributed by atoms with van der Waals surface area (Å²) in [6.07, 6.45) is 0.287. The second-order valence-electron chi connectivity index (χ2n) is 4.83. The molecule has 0 N–H and O–H groups in total. The largest absolute Gasteiger partial charge is 0.513 e. The molecule has 0 saturated heterocycles. The lowest BCUT2D eigenvalue weighted by molar-refractivity contribution is 0.104. The highest BCUT2D eigenvalue weighted by atomic mass is 35.5. The summed E-state index contributed by atoms with van der Waals surface area (Å²) in [6.45, 7) is 1.68. The first kappa shape index (κ1) is 16.8. The van der Waals surface area contributed by atoms with Crippen LogP contribution < -0.4 is 10.3 Å². The van der Waals surface area contributed by atoms with Gasteiger partial charge in [0.05, 0.1) is 17.8 Å². The first-order chi connectivity index (χ1) is 11.9. The van der Waals surface area contributed by atoms with Crippen molar-refractivity contribution < 1.29 is 18.7 Å². The molecule has 0 aliphatic carbocycles. The number of rotatable bonds is 3. The number of carbonyl (C=O) groups excluding carboxylic acids is 1. The molecule has 0 fully saturated rings. The number of ether oxygens (including phenoxy) is 2. The molecule has 0 spiro atoms. The molecule has 0 saturated carbocycles. The highest BCUT2D eigenvalue weighted by molar-refractivity contribution is 6.32. The molecule has 0 bridgehead atoms. The molecule has 3 rings (SSSR count). The maximum atomic E-state index is 14.3. The number of hydrogen-bond donors (Lipinski definition) is 0. The van der Waals surface area contributed by atoms with Gasteiger partial charge < -0.3 is 9.47 Å². The zero-order valence-corrected chi connectivity index (χ0v) is 13.8. The topological polar surface area (TPSA) is 101 Å². The van der Waals surface area contributed by atoms with E-state index in [4.69, 9.17) is 16.3 Å². The maximum absolute atomic E-state index is 14.3. The number of hydrogen-bond acceptors (Lipinski definition) is 7. The van der Waals surface area contributed by atoms with Gasteiger partial charge in [-0.05, 0) is 13.0 Å². The van der Waals surface area contributed by atoms with E-state index in [9.17, 15) is 14.0 Å². The highest BCUT2D eigenvalue weighted by Crippen LogP contribution is 2.29. The molecule has 1 aromatic carbocycles. The zero-order chi connectivity index (χ0) is 18.1. The van der Waals surface area contributed by atoms with Crippen molar-refractivity contribution in [1.82, 2.24) is 24.8 Å². The van der Waals surface area contributed by atoms with Gasteiger partial charge in [0.25, 0.3) is 5.56 Å². The van der Waals surface area contributed by atoms with Crippen molar-refractivity contribution in [3.63, 3.8) is 0 Å². The van der Waals surface area contributed by atoms with Crippen LogP contribution in [0.1, 0.15) is 6.92 Å². The minimum absolute atomic E-state index is 0.0904. The van der Waals surface area contributed by atoms with Gasteiger partial charge in [0, 0.05) is 13.1 Å². The molecule has 0 atom stereocenters. The molecule has 11 heteroatoms. The van der Waals surface area contributed by atoms with Crippen LogP contribution in [0.5, 0.6) is 5.75 Å². The number of fused-ring (bicyclic) bond motifs is 1. The summed E-state index contributed by atoms with van der Waals surface area (Å²) in [5, 5.41) is 11.4. The van der Waals surface area contributed by atoms with E-state index in [-0.39, 0.29) is 34.1 Å². The van der Waals surface area contributed by atoms with Crippen molar-refractivity contribution in [2.75, 3.05) is 6.61 Å². The summed E-state index contributed by atoms with van der Waals surface area (Å²) in [5.41, 5.74) is -0.674. The van der Waals surface area contributed by atoms with Crippen LogP contribution in [0.4, 0.5) is 9.18 Å². The number of benzene rings is 1. The van der Waals surface area contributed by atoms with Crippen molar-refractivity contribution in [2.24, 2.45) is 7.05 Å². The third-order valence-corrected chi connectivity index (χ3v) is 3.54. The molecule has 0 amide bonds. The van der Waals surface area contributed by atoms with E-state index in [0.29, 0.717) is 0 Å². The summed E-state index contributed by atoms with van der Waals surface area (Å²) in [7, 11) is 1.59. The Labute approximate surface area is 144 Å². The van der Waals surface area contributed by atoms with E-state index in [1.54, 1.807) is 14.0 Å². The Kier molecular flexibility index (Phi) is 4.36. The number of halogens is 2. The number of nitrogens with zero attached hydrogens (tertiary/aromatic N) is 5. The molecule has 2 heterocycles. The van der Waals surface area contributed by atoms with Crippen LogP contribution in [0.25, 0.3) is 16.7 Å². The van der Waals surface area contributed by atoms with Gasteiger partial charge in [0.2, 0.25) is 0 Å². The third-order valence-electron chi connectivity index (χ3n) is 3.24. The molecule has 3 aromatic rings. The Morgan fingerprint density at radius 1 is 1.40 bits per heavy atom. The van der Waals surface area contributed by atoms with Gasteiger partial charge in [-0.3, -0.25) is 4.79 Å². The van der Waals surface area contributed by atoms with Crippen molar-refractivity contribution in [1.29, 1.82) is 0 Å². The lowest BCUT2D eigenvalue weighted by atomic mass is 10.3. The Morgan fingerprint density at radius 2 is 2.16 bits per heavy atom. The van der Waals surface area contributed by atoms with Gasteiger partial charge in [-0.25, -0.2) is 13.9 Å². The van der Waals surface area contributed by atoms with E-state index in [1.807, 2.05) is 0 Å². The Morgan fingerprint density at radius 3 is 2.88 bits per heavy atom. The fourth-order valence-corrected chi connectivity index (χ4v) is 2.28. The van der Waals surface area contributed by atoms with E-state index < -0.39 is 17.5 Å². The maximum Gasteiger partial charge on any atom is 0.513 e. The molecule has 9 nitrogen and oxygen atoms in total. The zero-order valence-electron chi connectivity index (χ0n) is 13.1. The molecular weight excluding hydrogens is 357 g/mol. The van der Waals surface area contributed by atoms with Crippen LogP contribution in [0, 0.1) is 5.82 Å². The second kappa shape index (κ2) is 6.48. The van der Waals surface area contributed by atoms with Crippen molar-refractivity contribution >= 4 is 28.8 Å². The molecule has 25 heavy (non-hydrogen) atoms. The third kappa shape index (κ3) is 3.03. The lowest BCUT2D eigenvalue weighted by Crippen LogP contribution is -2.23. The molecule has 0 aliphatic rings. The summed E-state index contributed by atoms with van der Waals surface area (Å²) in [5.74, 6) is -1.03. The van der Waals surface area contributed by atoms with Gasteiger partial charge >= 0.3 is 6.16 Å². The Hall–Kier alpha value is -3.01. The molecule has 0 radical (unpaired) electrons. The van der Waals surface area contributed by atoms with Gasteiger partial charge in [-0.15, -0.1) is 5.10 Å². The normalized spacial score (nSPS) is 10.9. The lowest BCUT2D eigenvalue weighted by Gasteiger charge is -2.10. The molecule has 0 unspecified atom stereocenters. The van der Waals surface area contributed by atoms with Crippen LogP contribution in [0.2, 0.25) is 5.02 Å². The minimum Gasteiger partial charge on any atom is -0.434 e. The van der Waals surface area contributed by atoms with Crippen molar-refractivity contribution in [2.45, 2.75) is 6.92 Å². The molecule has 2 aromatic heterocycles. The van der Waals surface area contributed by atoms with Gasteiger partial charge in [-0.1, -0.05) is 16.8 Å². The van der Waals surface area contributed by atoms with E-state index in [2.05, 4.69) is 20.1 Å². The summed E-state index contributed by atoms with van der Waals surface area (Å²) in [4.78, 5) is 23.9. The molecular formula is C14H11ClFN5O4. The average molecular weight is 368 g/mol. The van der Waals surface area contributed by atoms with Crippen LogP contribution in [-0.4, -0.2) is 37.5 Å².